The summed E-state index contributed by atoms with van der Waals surface area (Å²) in [6.45, 7) is 0.909. The van der Waals surface area contributed by atoms with Gasteiger partial charge >= 0.3 is 0 Å². The van der Waals surface area contributed by atoms with E-state index in [1.165, 1.54) is 22.4 Å². The predicted molar refractivity (Wildman–Crippen MR) is 104 cm³/mol. The third-order valence-corrected chi connectivity index (χ3v) is 4.85. The average molecular weight is 329 g/mol. The highest BCUT2D eigenvalue weighted by Crippen LogP contribution is 2.35. The summed E-state index contributed by atoms with van der Waals surface area (Å²) in [5.74, 6) is 0. The number of aryl methyl sites for hydroxylation is 1. The van der Waals surface area contributed by atoms with Crippen LogP contribution in [0.3, 0.4) is 0 Å². The van der Waals surface area contributed by atoms with Gasteiger partial charge < -0.3 is 10.6 Å². The van der Waals surface area contributed by atoms with Crippen LogP contribution in [0.4, 0.5) is 11.4 Å². The minimum Gasteiger partial charge on any atom is -0.383 e. The quantitative estimate of drug-likeness (QED) is 0.703. The molecule has 0 radical (unpaired) electrons. The van der Waals surface area contributed by atoms with Gasteiger partial charge in [0.05, 0.1) is 17.9 Å². The number of pyridine rings is 1. The Labute approximate surface area is 149 Å². The lowest BCUT2D eigenvalue weighted by molar-refractivity contribution is 0.668. The predicted octanol–water partition coefficient (Wildman–Crippen LogP) is 4.84. The molecule has 2 aromatic carbocycles. The van der Waals surface area contributed by atoms with Crippen LogP contribution in [0.2, 0.25) is 0 Å². The summed E-state index contributed by atoms with van der Waals surface area (Å²) in [5.41, 5.74) is 6.45. The van der Waals surface area contributed by atoms with Crippen molar-refractivity contribution in [2.24, 2.45) is 0 Å². The molecule has 1 aromatic heterocycles. The first-order valence-corrected chi connectivity index (χ1v) is 8.96. The molecule has 2 heterocycles. The summed E-state index contributed by atoms with van der Waals surface area (Å²) in [6, 6.07) is 21.6. The van der Waals surface area contributed by atoms with Crippen molar-refractivity contribution in [3.05, 3.63) is 89.7 Å². The van der Waals surface area contributed by atoms with Crippen molar-refractivity contribution in [1.82, 2.24) is 4.98 Å². The zero-order valence-corrected chi connectivity index (χ0v) is 14.3. The molecule has 1 aliphatic heterocycles. The zero-order valence-electron chi connectivity index (χ0n) is 14.3. The highest BCUT2D eigenvalue weighted by Gasteiger charge is 2.21. The van der Waals surface area contributed by atoms with Crippen LogP contribution in [0, 0.1) is 0 Å². The van der Waals surface area contributed by atoms with Crippen molar-refractivity contribution in [3.8, 4) is 0 Å². The summed E-state index contributed by atoms with van der Waals surface area (Å²) < 4.78 is 0. The number of benzene rings is 2. The van der Waals surface area contributed by atoms with Crippen LogP contribution in [-0.4, -0.2) is 11.5 Å². The number of hydrogen-bond donors (Lipinski definition) is 2. The number of fused-ring (bicyclic) bond motifs is 1. The van der Waals surface area contributed by atoms with Gasteiger partial charge in [0, 0.05) is 24.0 Å². The Bertz CT molecular complexity index is 829. The first-order valence-electron chi connectivity index (χ1n) is 8.96. The van der Waals surface area contributed by atoms with E-state index in [9.17, 15) is 0 Å². The highest BCUT2D eigenvalue weighted by molar-refractivity contribution is 5.59. The highest BCUT2D eigenvalue weighted by atomic mass is 15.0. The van der Waals surface area contributed by atoms with Gasteiger partial charge in [0.1, 0.15) is 0 Å². The molecule has 3 heteroatoms. The number of rotatable bonds is 5. The van der Waals surface area contributed by atoms with E-state index < -0.39 is 0 Å². The molecule has 0 fully saturated rings. The van der Waals surface area contributed by atoms with Crippen molar-refractivity contribution < 1.29 is 0 Å². The summed E-state index contributed by atoms with van der Waals surface area (Å²) >= 11 is 0. The van der Waals surface area contributed by atoms with Gasteiger partial charge in [-0.25, -0.2) is 0 Å². The van der Waals surface area contributed by atoms with E-state index in [1.54, 1.807) is 0 Å². The first-order chi connectivity index (χ1) is 12.4. The molecule has 3 nitrogen and oxygen atoms in total. The number of para-hydroxylation sites is 1. The molecule has 0 bridgehead atoms. The number of nitrogens with one attached hydrogen (secondary N) is 2. The second-order valence-electron chi connectivity index (χ2n) is 6.52. The third kappa shape index (κ3) is 3.66. The Morgan fingerprint density at radius 2 is 1.84 bits per heavy atom. The van der Waals surface area contributed by atoms with E-state index >= 15 is 0 Å². The van der Waals surface area contributed by atoms with E-state index in [0.717, 1.165) is 31.5 Å². The molecule has 3 aromatic rings. The van der Waals surface area contributed by atoms with Crippen molar-refractivity contribution >= 4 is 11.4 Å². The largest absolute Gasteiger partial charge is 0.383 e. The van der Waals surface area contributed by atoms with Gasteiger partial charge in [-0.1, -0.05) is 48.5 Å². The van der Waals surface area contributed by atoms with E-state index in [1.807, 2.05) is 12.4 Å². The second-order valence-corrected chi connectivity index (χ2v) is 6.52. The summed E-state index contributed by atoms with van der Waals surface area (Å²) in [7, 11) is 0. The molecular weight excluding hydrogens is 306 g/mol. The molecule has 1 atom stereocenters. The van der Waals surface area contributed by atoms with E-state index in [-0.39, 0.29) is 0 Å². The summed E-state index contributed by atoms with van der Waals surface area (Å²) in [6.07, 6.45) is 7.06. The average Bonchev–Trinajstić information content (AvgIpc) is 2.69. The van der Waals surface area contributed by atoms with Crippen LogP contribution in [0.5, 0.6) is 0 Å². The number of aromatic nitrogens is 1. The van der Waals surface area contributed by atoms with Crippen LogP contribution in [-0.2, 0) is 12.8 Å². The minimum absolute atomic E-state index is 0.331. The first kappa shape index (κ1) is 15.7. The standard InChI is InChI=1S/C22H23N3/c1-2-6-17(7-3-1)12-15-24-22-16-23-14-13-19(22)21-11-10-18-8-4-5-9-20(18)25-21/h1-9,13-14,16,21,24-25H,10-12,15H2. The monoisotopic (exact) mass is 329 g/mol. The molecule has 4 rings (SSSR count). The van der Waals surface area contributed by atoms with Gasteiger partial charge in [-0.05, 0) is 42.5 Å². The fourth-order valence-corrected chi connectivity index (χ4v) is 3.52. The Kier molecular flexibility index (Phi) is 4.64. The van der Waals surface area contributed by atoms with Crippen LogP contribution in [0.1, 0.15) is 29.2 Å². The minimum atomic E-state index is 0.331. The van der Waals surface area contributed by atoms with Crippen molar-refractivity contribution in [3.63, 3.8) is 0 Å². The molecule has 1 aliphatic rings. The molecule has 126 valence electrons. The lowest BCUT2D eigenvalue weighted by atomic mass is 9.93. The lowest BCUT2D eigenvalue weighted by Crippen LogP contribution is -2.20. The Hall–Kier alpha value is -2.81. The molecule has 0 amide bonds. The SMILES string of the molecule is c1ccc(CCNc2cnccc2C2CCc3ccccc3N2)cc1. The Morgan fingerprint density at radius 3 is 2.76 bits per heavy atom. The molecule has 0 saturated carbocycles. The van der Waals surface area contributed by atoms with E-state index in [2.05, 4.69) is 76.3 Å². The molecule has 0 saturated heterocycles. The topological polar surface area (TPSA) is 37.0 Å². The fraction of sp³-hybridized carbons (Fsp3) is 0.227. The number of nitrogens with zero attached hydrogens (tertiary/aromatic N) is 1. The fourth-order valence-electron chi connectivity index (χ4n) is 3.52. The summed E-state index contributed by atoms with van der Waals surface area (Å²) in [5, 5.41) is 7.27. The smallest absolute Gasteiger partial charge is 0.0580 e. The Morgan fingerprint density at radius 1 is 1.00 bits per heavy atom. The van der Waals surface area contributed by atoms with Gasteiger partial charge in [-0.2, -0.15) is 0 Å². The van der Waals surface area contributed by atoms with Gasteiger partial charge in [0.2, 0.25) is 0 Å². The van der Waals surface area contributed by atoms with Crippen molar-refractivity contribution in [2.45, 2.75) is 25.3 Å². The second kappa shape index (κ2) is 7.39. The molecule has 0 aliphatic carbocycles. The van der Waals surface area contributed by atoms with Crippen LogP contribution in [0.15, 0.2) is 73.1 Å². The molecule has 0 spiro atoms. The molecular formula is C22H23N3. The van der Waals surface area contributed by atoms with Crippen LogP contribution < -0.4 is 10.6 Å². The van der Waals surface area contributed by atoms with Gasteiger partial charge in [0.25, 0.3) is 0 Å². The van der Waals surface area contributed by atoms with Gasteiger partial charge in [-0.3, -0.25) is 4.98 Å². The maximum atomic E-state index is 4.32. The van der Waals surface area contributed by atoms with E-state index in [0.29, 0.717) is 6.04 Å². The van der Waals surface area contributed by atoms with Crippen molar-refractivity contribution in [1.29, 1.82) is 0 Å². The third-order valence-electron chi connectivity index (χ3n) is 4.85. The number of anilines is 2. The van der Waals surface area contributed by atoms with Gasteiger partial charge in [-0.15, -0.1) is 0 Å². The molecule has 2 N–H and O–H groups in total. The van der Waals surface area contributed by atoms with E-state index in [4.69, 9.17) is 0 Å². The zero-order chi connectivity index (χ0) is 16.9. The Balaban J connectivity index is 1.46. The normalized spacial score (nSPS) is 15.9. The lowest BCUT2D eigenvalue weighted by Gasteiger charge is -2.28. The van der Waals surface area contributed by atoms with Crippen molar-refractivity contribution in [2.75, 3.05) is 17.2 Å². The molecule has 1 unspecified atom stereocenters. The maximum absolute atomic E-state index is 4.32. The van der Waals surface area contributed by atoms with Crippen LogP contribution in [0.25, 0.3) is 0 Å². The van der Waals surface area contributed by atoms with Gasteiger partial charge in [0.15, 0.2) is 0 Å². The number of hydrogen-bond acceptors (Lipinski definition) is 3. The summed E-state index contributed by atoms with van der Waals surface area (Å²) in [4.78, 5) is 4.32. The van der Waals surface area contributed by atoms with Crippen LogP contribution >= 0.6 is 0 Å². The molecule has 25 heavy (non-hydrogen) atoms. The maximum Gasteiger partial charge on any atom is 0.0580 e.